The van der Waals surface area contributed by atoms with E-state index in [-0.39, 0.29) is 43.8 Å². The number of esters is 1. The maximum atomic E-state index is 14.3. The quantitative estimate of drug-likeness (QED) is 0.277. The highest BCUT2D eigenvalue weighted by Crippen LogP contribution is 2.25. The van der Waals surface area contributed by atoms with Crippen LogP contribution in [-0.2, 0) is 44.7 Å². The molecular weight excluding hydrogens is 706 g/mol. The highest BCUT2D eigenvalue weighted by atomic mass is 19.1. The van der Waals surface area contributed by atoms with E-state index >= 15 is 0 Å². The average Bonchev–Trinajstić information content (AvgIpc) is 3.84. The third-order valence-corrected chi connectivity index (χ3v) is 10.8. The maximum absolute atomic E-state index is 14.3. The van der Waals surface area contributed by atoms with Crippen molar-refractivity contribution in [1.29, 1.82) is 0 Å². The van der Waals surface area contributed by atoms with Crippen LogP contribution in [-0.4, -0.2) is 119 Å². The van der Waals surface area contributed by atoms with Crippen molar-refractivity contribution in [3.05, 3.63) is 47.5 Å². The van der Waals surface area contributed by atoms with Crippen LogP contribution >= 0.6 is 0 Å². The van der Waals surface area contributed by atoms with E-state index in [1.165, 1.54) is 41.7 Å². The van der Waals surface area contributed by atoms with Gasteiger partial charge in [-0.1, -0.05) is 25.3 Å². The molecule has 0 unspecified atom stereocenters. The fourth-order valence-electron chi connectivity index (χ4n) is 7.66. The number of allylic oxidation sites excluding steroid dienone is 1. The number of amides is 6. The molecule has 1 aromatic rings. The minimum atomic E-state index is -1.56. The van der Waals surface area contributed by atoms with Crippen LogP contribution in [0.25, 0.3) is 0 Å². The van der Waals surface area contributed by atoms with Gasteiger partial charge in [-0.3, -0.25) is 28.8 Å². The lowest BCUT2D eigenvalue weighted by Gasteiger charge is -2.34. The number of hydrogen-bond donors (Lipinski definition) is 3. The zero-order chi connectivity index (χ0) is 39.1. The molecule has 4 aliphatic rings. The second kappa shape index (κ2) is 18.0. The Morgan fingerprint density at radius 3 is 2.17 bits per heavy atom. The van der Waals surface area contributed by atoms with Crippen LogP contribution in [0, 0.1) is 17.6 Å². The summed E-state index contributed by atoms with van der Waals surface area (Å²) in [5.74, 6) is -6.35. The largest absolute Gasteiger partial charge is 0.461 e. The van der Waals surface area contributed by atoms with Gasteiger partial charge in [0.15, 0.2) is 0 Å². The summed E-state index contributed by atoms with van der Waals surface area (Å²) in [4.78, 5) is 99.0. The van der Waals surface area contributed by atoms with E-state index in [2.05, 4.69) is 16.0 Å². The number of carbonyl (C=O) groups excluding carboxylic acids is 7. The lowest BCUT2D eigenvalue weighted by atomic mass is 9.89. The number of nitrogens with one attached hydrogen (secondary N) is 3. The van der Waals surface area contributed by atoms with Crippen LogP contribution in [0.4, 0.5) is 8.78 Å². The van der Waals surface area contributed by atoms with E-state index in [1.807, 2.05) is 0 Å². The summed E-state index contributed by atoms with van der Waals surface area (Å²) in [5.41, 5.74) is 0.0616. The SMILES string of the molecule is C[C@@H]1NC(=O)[C@H](C)N(C)C(=O)[C@@H]2CCCN2C(=O)[C@@H](NC(=O)[C@H](Cc2cc(F)cc(F)c2)NC(=O)/C=C/C2CCCCC2)COC(=O)[C@@H]2CCCN2C1=O. The van der Waals surface area contributed by atoms with Crippen molar-refractivity contribution in [3.63, 3.8) is 0 Å². The third kappa shape index (κ3) is 9.80. The van der Waals surface area contributed by atoms with Crippen molar-refractivity contribution < 1.29 is 47.1 Å². The van der Waals surface area contributed by atoms with Gasteiger partial charge in [0.25, 0.3) is 0 Å². The molecule has 3 N–H and O–H groups in total. The number of rotatable bonds is 7. The molecule has 0 spiro atoms. The molecule has 0 radical (unpaired) electrons. The molecule has 3 aliphatic heterocycles. The highest BCUT2D eigenvalue weighted by Gasteiger charge is 2.43. The van der Waals surface area contributed by atoms with Crippen LogP contribution in [0.5, 0.6) is 0 Å². The third-order valence-electron chi connectivity index (χ3n) is 10.8. The minimum absolute atomic E-state index is 0.0616. The Balaban J connectivity index is 1.43. The molecule has 16 heteroatoms. The molecule has 1 aliphatic carbocycles. The summed E-state index contributed by atoms with van der Waals surface area (Å²) in [7, 11) is 1.42. The molecule has 14 nitrogen and oxygen atoms in total. The minimum Gasteiger partial charge on any atom is -0.461 e. The first-order chi connectivity index (χ1) is 25.7. The maximum Gasteiger partial charge on any atom is 0.328 e. The Kier molecular flexibility index (Phi) is 13.4. The van der Waals surface area contributed by atoms with Gasteiger partial charge in [-0.15, -0.1) is 0 Å². The number of carbonyl (C=O) groups is 7. The number of halogens is 2. The molecule has 3 saturated heterocycles. The van der Waals surface area contributed by atoms with Crippen LogP contribution in [0.1, 0.15) is 77.2 Å². The smallest absolute Gasteiger partial charge is 0.328 e. The van der Waals surface area contributed by atoms with E-state index in [9.17, 15) is 42.3 Å². The van der Waals surface area contributed by atoms with Crippen molar-refractivity contribution in [2.24, 2.45) is 5.92 Å². The number of cyclic esters (lactones) is 1. The number of likely N-dealkylation sites (N-methyl/N-ethyl adjacent to an activating group) is 1. The Labute approximate surface area is 313 Å². The van der Waals surface area contributed by atoms with Gasteiger partial charge in [-0.25, -0.2) is 13.6 Å². The Hall–Kier alpha value is -4.89. The van der Waals surface area contributed by atoms with E-state index in [0.717, 1.165) is 44.2 Å². The number of ether oxygens (including phenoxy) is 1. The number of fused-ring (bicyclic) bond motifs is 2. The second-order valence-electron chi connectivity index (χ2n) is 14.7. The van der Waals surface area contributed by atoms with Crippen molar-refractivity contribution in [2.45, 2.75) is 114 Å². The number of nitrogens with zero attached hydrogens (tertiary/aromatic N) is 3. The van der Waals surface area contributed by atoms with E-state index in [1.54, 1.807) is 6.08 Å². The molecule has 0 bridgehead atoms. The standard InChI is InChI=1S/C38H50F2N6O8/c1-22-35(50)46-16-8-12-31(46)38(53)54-21-29(36(51)45-15-7-11-30(45)37(52)44(3)23(2)33(48)41-22)43-34(49)28(19-25-17-26(39)20-27(40)18-25)42-32(47)14-13-24-9-5-4-6-10-24/h13-14,17-18,20,22-24,28-31H,4-12,15-16,19,21H2,1-3H3,(H,41,48)(H,42,47)(H,43,49)/b14-13+/t22-,23-,28-,29-,30-,31-/m0/s1. The molecule has 0 aromatic heterocycles. The topological polar surface area (TPSA) is 175 Å². The van der Waals surface area contributed by atoms with Crippen LogP contribution in [0.2, 0.25) is 0 Å². The summed E-state index contributed by atoms with van der Waals surface area (Å²) < 4.78 is 34.0. The van der Waals surface area contributed by atoms with Crippen molar-refractivity contribution in [1.82, 2.24) is 30.7 Å². The summed E-state index contributed by atoms with van der Waals surface area (Å²) in [5, 5.41) is 7.81. The molecule has 5 rings (SSSR count). The fraction of sp³-hybridized carbons (Fsp3) is 0.605. The highest BCUT2D eigenvalue weighted by molar-refractivity contribution is 5.98. The van der Waals surface area contributed by atoms with Crippen molar-refractivity contribution in [2.75, 3.05) is 26.7 Å². The zero-order valence-electron chi connectivity index (χ0n) is 31.0. The summed E-state index contributed by atoms with van der Waals surface area (Å²) in [6.45, 7) is 2.66. The van der Waals surface area contributed by atoms with Crippen LogP contribution < -0.4 is 16.0 Å². The van der Waals surface area contributed by atoms with Gasteiger partial charge in [-0.05, 0) is 82.1 Å². The fourth-order valence-corrected chi connectivity index (χ4v) is 7.66. The van der Waals surface area contributed by atoms with E-state index < -0.39 is 95.9 Å². The predicted molar refractivity (Wildman–Crippen MR) is 190 cm³/mol. The normalized spacial score (nSPS) is 27.0. The molecule has 6 atom stereocenters. The molecule has 294 valence electrons. The summed E-state index contributed by atoms with van der Waals surface area (Å²) in [6, 6.07) is -4.31. The van der Waals surface area contributed by atoms with Gasteiger partial charge in [-0.2, -0.15) is 0 Å². The Bertz CT molecular complexity index is 1630. The molecule has 3 heterocycles. The molecule has 6 amide bonds. The molecular formula is C38H50F2N6O8. The van der Waals surface area contributed by atoms with E-state index in [0.29, 0.717) is 18.9 Å². The molecule has 1 saturated carbocycles. The predicted octanol–water partition coefficient (Wildman–Crippen LogP) is 1.50. The number of benzene rings is 1. The Morgan fingerprint density at radius 2 is 1.50 bits per heavy atom. The van der Waals surface area contributed by atoms with Gasteiger partial charge in [0.1, 0.15) is 54.5 Å². The van der Waals surface area contributed by atoms with Crippen molar-refractivity contribution >= 4 is 41.4 Å². The molecule has 54 heavy (non-hydrogen) atoms. The molecule has 1 aromatic carbocycles. The molecule has 4 fully saturated rings. The zero-order valence-corrected chi connectivity index (χ0v) is 31.0. The van der Waals surface area contributed by atoms with Gasteiger partial charge in [0, 0.05) is 32.6 Å². The number of hydrogen-bond acceptors (Lipinski definition) is 8. The lowest BCUT2D eigenvalue weighted by Crippen LogP contribution is -2.60. The van der Waals surface area contributed by atoms with Crippen LogP contribution in [0.15, 0.2) is 30.4 Å². The monoisotopic (exact) mass is 756 g/mol. The van der Waals surface area contributed by atoms with Crippen molar-refractivity contribution in [3.8, 4) is 0 Å². The van der Waals surface area contributed by atoms with Gasteiger partial charge in [0.05, 0.1) is 0 Å². The van der Waals surface area contributed by atoms with Gasteiger partial charge >= 0.3 is 5.97 Å². The second-order valence-corrected chi connectivity index (χ2v) is 14.7. The first-order valence-corrected chi connectivity index (χ1v) is 18.8. The average molecular weight is 757 g/mol. The van der Waals surface area contributed by atoms with Crippen LogP contribution in [0.3, 0.4) is 0 Å². The Morgan fingerprint density at radius 1 is 0.870 bits per heavy atom. The van der Waals surface area contributed by atoms with Gasteiger partial charge in [0.2, 0.25) is 35.4 Å². The summed E-state index contributed by atoms with van der Waals surface area (Å²) in [6.07, 6.45) is 9.23. The first kappa shape index (κ1) is 40.3. The first-order valence-electron chi connectivity index (χ1n) is 18.8. The summed E-state index contributed by atoms with van der Waals surface area (Å²) >= 11 is 0. The van der Waals surface area contributed by atoms with Gasteiger partial charge < -0.3 is 35.4 Å². The lowest BCUT2D eigenvalue weighted by molar-refractivity contribution is -0.158. The van der Waals surface area contributed by atoms with E-state index in [4.69, 9.17) is 4.74 Å².